The first-order valence-electron chi connectivity index (χ1n) is 5.46. The lowest BCUT2D eigenvalue weighted by molar-refractivity contribution is 0.692. The molecule has 0 saturated heterocycles. The van der Waals surface area contributed by atoms with Crippen molar-refractivity contribution in [2.75, 3.05) is 0 Å². The van der Waals surface area contributed by atoms with Crippen LogP contribution >= 0.6 is 0 Å². The van der Waals surface area contributed by atoms with Crippen molar-refractivity contribution < 1.29 is 0 Å². The summed E-state index contributed by atoms with van der Waals surface area (Å²) in [5.74, 6) is 1.71. The summed E-state index contributed by atoms with van der Waals surface area (Å²) < 4.78 is 2.13. The molecule has 1 fully saturated rings. The molecule has 3 nitrogen and oxygen atoms in total. The standard InChI is InChI=1S/C11H19N3/c1-8-11(9-5-3-4-6-9)13-10(7-12)14(8)2/h9H,3-7,12H2,1-2H3. The van der Waals surface area contributed by atoms with Crippen LogP contribution < -0.4 is 5.73 Å². The van der Waals surface area contributed by atoms with Crippen molar-refractivity contribution in [2.45, 2.75) is 45.1 Å². The van der Waals surface area contributed by atoms with E-state index in [9.17, 15) is 0 Å². The Morgan fingerprint density at radius 3 is 2.57 bits per heavy atom. The Balaban J connectivity index is 2.32. The lowest BCUT2D eigenvalue weighted by Gasteiger charge is -2.06. The van der Waals surface area contributed by atoms with E-state index >= 15 is 0 Å². The van der Waals surface area contributed by atoms with E-state index in [-0.39, 0.29) is 0 Å². The normalized spacial score (nSPS) is 17.9. The van der Waals surface area contributed by atoms with Crippen LogP contribution in [0.25, 0.3) is 0 Å². The van der Waals surface area contributed by atoms with Crippen molar-refractivity contribution >= 4 is 0 Å². The van der Waals surface area contributed by atoms with Crippen molar-refractivity contribution in [3.8, 4) is 0 Å². The third-order valence-electron chi connectivity index (χ3n) is 3.43. The molecule has 1 aromatic rings. The summed E-state index contributed by atoms with van der Waals surface area (Å²) in [5.41, 5.74) is 8.25. The first-order chi connectivity index (χ1) is 6.74. The van der Waals surface area contributed by atoms with Crippen LogP contribution in [0.2, 0.25) is 0 Å². The average Bonchev–Trinajstić information content (AvgIpc) is 2.78. The molecule has 0 spiro atoms. The molecule has 1 aliphatic rings. The predicted octanol–water partition coefficient (Wildman–Crippen LogP) is 1.84. The predicted molar refractivity (Wildman–Crippen MR) is 57.0 cm³/mol. The van der Waals surface area contributed by atoms with Gasteiger partial charge in [0.15, 0.2) is 0 Å². The first-order valence-corrected chi connectivity index (χ1v) is 5.46. The summed E-state index contributed by atoms with van der Waals surface area (Å²) in [6.07, 6.45) is 5.33. The zero-order valence-electron chi connectivity index (χ0n) is 9.08. The van der Waals surface area contributed by atoms with E-state index in [1.165, 1.54) is 37.1 Å². The molecule has 0 radical (unpaired) electrons. The molecule has 1 aromatic heterocycles. The van der Waals surface area contributed by atoms with E-state index in [1.54, 1.807) is 0 Å². The van der Waals surface area contributed by atoms with Crippen LogP contribution in [0.15, 0.2) is 0 Å². The fourth-order valence-electron chi connectivity index (χ4n) is 2.43. The monoisotopic (exact) mass is 193 g/mol. The number of hydrogen-bond acceptors (Lipinski definition) is 2. The molecule has 1 heterocycles. The van der Waals surface area contributed by atoms with Gasteiger partial charge in [0.2, 0.25) is 0 Å². The molecule has 14 heavy (non-hydrogen) atoms. The average molecular weight is 193 g/mol. The summed E-state index contributed by atoms with van der Waals surface area (Å²) in [5, 5.41) is 0. The van der Waals surface area contributed by atoms with Gasteiger partial charge in [0, 0.05) is 18.7 Å². The van der Waals surface area contributed by atoms with Crippen LogP contribution in [0.5, 0.6) is 0 Å². The minimum Gasteiger partial charge on any atom is -0.334 e. The maximum Gasteiger partial charge on any atom is 0.122 e. The van der Waals surface area contributed by atoms with E-state index in [4.69, 9.17) is 5.73 Å². The Bertz CT molecular complexity index is 322. The summed E-state index contributed by atoms with van der Waals surface area (Å²) in [7, 11) is 2.06. The third-order valence-corrected chi connectivity index (χ3v) is 3.43. The molecule has 2 rings (SSSR count). The van der Waals surface area contributed by atoms with Crippen LogP contribution in [0.4, 0.5) is 0 Å². The van der Waals surface area contributed by atoms with Crippen LogP contribution in [-0.2, 0) is 13.6 Å². The number of rotatable bonds is 2. The largest absolute Gasteiger partial charge is 0.334 e. The minimum atomic E-state index is 0.546. The topological polar surface area (TPSA) is 43.8 Å². The van der Waals surface area contributed by atoms with E-state index in [2.05, 4.69) is 23.5 Å². The molecule has 0 amide bonds. The summed E-state index contributed by atoms with van der Waals surface area (Å²) in [6, 6.07) is 0. The molecule has 0 aliphatic heterocycles. The molecular formula is C11H19N3. The van der Waals surface area contributed by atoms with Gasteiger partial charge in [0.05, 0.1) is 12.2 Å². The molecular weight excluding hydrogens is 174 g/mol. The van der Waals surface area contributed by atoms with Gasteiger partial charge in [-0.1, -0.05) is 12.8 Å². The van der Waals surface area contributed by atoms with E-state index < -0.39 is 0 Å². The zero-order valence-corrected chi connectivity index (χ0v) is 9.08. The lowest BCUT2D eigenvalue weighted by Crippen LogP contribution is -2.05. The SMILES string of the molecule is Cc1c(C2CCCC2)nc(CN)n1C. The maximum atomic E-state index is 5.65. The van der Waals surface area contributed by atoms with E-state index in [0.717, 1.165) is 5.82 Å². The highest BCUT2D eigenvalue weighted by molar-refractivity contribution is 5.20. The van der Waals surface area contributed by atoms with Gasteiger partial charge in [-0.3, -0.25) is 0 Å². The van der Waals surface area contributed by atoms with Gasteiger partial charge in [-0.05, 0) is 19.8 Å². The fraction of sp³-hybridized carbons (Fsp3) is 0.727. The number of nitrogens with zero attached hydrogens (tertiary/aromatic N) is 2. The van der Waals surface area contributed by atoms with Crippen molar-refractivity contribution in [1.82, 2.24) is 9.55 Å². The second-order valence-corrected chi connectivity index (χ2v) is 4.24. The van der Waals surface area contributed by atoms with Gasteiger partial charge < -0.3 is 10.3 Å². The van der Waals surface area contributed by atoms with Gasteiger partial charge in [0.1, 0.15) is 5.82 Å². The number of nitrogens with two attached hydrogens (primary N) is 1. The van der Waals surface area contributed by atoms with Gasteiger partial charge >= 0.3 is 0 Å². The summed E-state index contributed by atoms with van der Waals surface area (Å²) >= 11 is 0. The van der Waals surface area contributed by atoms with Crippen molar-refractivity contribution in [3.05, 3.63) is 17.2 Å². The quantitative estimate of drug-likeness (QED) is 0.779. The Hall–Kier alpha value is -0.830. The van der Waals surface area contributed by atoms with Gasteiger partial charge in [-0.2, -0.15) is 0 Å². The van der Waals surface area contributed by atoms with Gasteiger partial charge in [0.25, 0.3) is 0 Å². The number of hydrogen-bond donors (Lipinski definition) is 1. The second-order valence-electron chi connectivity index (χ2n) is 4.24. The summed E-state index contributed by atoms with van der Waals surface area (Å²) in [6.45, 7) is 2.70. The Labute approximate surface area is 85.3 Å². The number of aromatic nitrogens is 2. The van der Waals surface area contributed by atoms with Gasteiger partial charge in [-0.25, -0.2) is 4.98 Å². The second kappa shape index (κ2) is 3.73. The highest BCUT2D eigenvalue weighted by Crippen LogP contribution is 2.35. The zero-order chi connectivity index (χ0) is 10.1. The smallest absolute Gasteiger partial charge is 0.122 e. The highest BCUT2D eigenvalue weighted by atomic mass is 15.1. The molecule has 0 atom stereocenters. The fourth-order valence-corrected chi connectivity index (χ4v) is 2.43. The lowest BCUT2D eigenvalue weighted by atomic mass is 10.0. The Morgan fingerprint density at radius 1 is 1.43 bits per heavy atom. The maximum absolute atomic E-state index is 5.65. The molecule has 1 aliphatic carbocycles. The van der Waals surface area contributed by atoms with Crippen molar-refractivity contribution in [2.24, 2.45) is 12.8 Å². The Morgan fingerprint density at radius 2 is 2.07 bits per heavy atom. The molecule has 3 heteroatoms. The molecule has 0 aromatic carbocycles. The summed E-state index contributed by atoms with van der Waals surface area (Å²) in [4.78, 5) is 4.65. The molecule has 78 valence electrons. The van der Waals surface area contributed by atoms with E-state index in [1.807, 2.05) is 0 Å². The van der Waals surface area contributed by atoms with Crippen LogP contribution in [0, 0.1) is 6.92 Å². The number of imidazole rings is 1. The molecule has 0 unspecified atom stereocenters. The Kier molecular flexibility index (Phi) is 2.59. The van der Waals surface area contributed by atoms with Gasteiger partial charge in [-0.15, -0.1) is 0 Å². The van der Waals surface area contributed by atoms with Crippen LogP contribution in [-0.4, -0.2) is 9.55 Å². The van der Waals surface area contributed by atoms with Crippen molar-refractivity contribution in [3.63, 3.8) is 0 Å². The molecule has 0 bridgehead atoms. The van der Waals surface area contributed by atoms with Crippen molar-refractivity contribution in [1.29, 1.82) is 0 Å². The molecule has 2 N–H and O–H groups in total. The van der Waals surface area contributed by atoms with Crippen LogP contribution in [0.1, 0.15) is 48.8 Å². The highest BCUT2D eigenvalue weighted by Gasteiger charge is 2.22. The molecule has 1 saturated carbocycles. The minimum absolute atomic E-state index is 0.546. The van der Waals surface area contributed by atoms with Crippen LogP contribution in [0.3, 0.4) is 0 Å². The van der Waals surface area contributed by atoms with E-state index in [0.29, 0.717) is 12.5 Å². The first kappa shape index (κ1) is 9.71. The third kappa shape index (κ3) is 1.46.